The lowest BCUT2D eigenvalue weighted by molar-refractivity contribution is -0.146. The van der Waals surface area contributed by atoms with Gasteiger partial charge in [-0.15, -0.1) is 0 Å². The average molecular weight is 416 g/mol. The quantitative estimate of drug-likeness (QED) is 0.446. The number of methoxy groups -OCH3 is 1. The van der Waals surface area contributed by atoms with Crippen molar-refractivity contribution in [2.75, 3.05) is 13.7 Å². The number of alkyl carbamates (subject to hydrolysis) is 1. The van der Waals surface area contributed by atoms with Crippen molar-refractivity contribution in [3.8, 4) is 5.75 Å². The van der Waals surface area contributed by atoms with Gasteiger partial charge in [-0.1, -0.05) is 42.5 Å². The predicted molar refractivity (Wildman–Crippen MR) is 106 cm³/mol. The minimum atomic E-state index is -1.27. The Morgan fingerprint density at radius 2 is 1.60 bits per heavy atom. The summed E-state index contributed by atoms with van der Waals surface area (Å²) < 4.78 is 9.68. The number of ether oxygens (including phenoxy) is 2. The standard InChI is InChI=1S/C21H24N2O7/c1-29-20(27)18(12-24)22-19(26)17(11-14-7-9-16(25)10-8-14)23-21(28)30-13-15-5-3-2-4-6-15/h2-10,17-18,24-25H,11-13H2,1H3,(H,22,26)(H,23,28)/t17-,18+/m1/s1. The highest BCUT2D eigenvalue weighted by Gasteiger charge is 2.27. The van der Waals surface area contributed by atoms with Gasteiger partial charge in [-0.25, -0.2) is 9.59 Å². The van der Waals surface area contributed by atoms with E-state index in [4.69, 9.17) is 4.74 Å². The molecule has 4 N–H and O–H groups in total. The van der Waals surface area contributed by atoms with Crippen LogP contribution >= 0.6 is 0 Å². The minimum Gasteiger partial charge on any atom is -0.508 e. The van der Waals surface area contributed by atoms with Gasteiger partial charge >= 0.3 is 12.1 Å². The third-order valence-corrected chi connectivity index (χ3v) is 4.18. The molecular weight excluding hydrogens is 392 g/mol. The van der Waals surface area contributed by atoms with E-state index in [1.54, 1.807) is 36.4 Å². The molecule has 0 radical (unpaired) electrons. The summed E-state index contributed by atoms with van der Waals surface area (Å²) in [5, 5.41) is 23.5. The number of aromatic hydroxyl groups is 1. The number of aliphatic hydroxyl groups excluding tert-OH is 1. The number of rotatable bonds is 9. The fourth-order valence-corrected chi connectivity index (χ4v) is 2.58. The molecule has 0 spiro atoms. The number of carbonyl (C=O) groups is 3. The zero-order chi connectivity index (χ0) is 21.9. The summed E-state index contributed by atoms with van der Waals surface area (Å²) in [6.45, 7) is -0.648. The average Bonchev–Trinajstić information content (AvgIpc) is 2.77. The number of hydrogen-bond acceptors (Lipinski definition) is 7. The lowest BCUT2D eigenvalue weighted by Gasteiger charge is -2.21. The first kappa shape index (κ1) is 22.7. The summed E-state index contributed by atoms with van der Waals surface area (Å²) in [4.78, 5) is 36.5. The number of esters is 1. The van der Waals surface area contributed by atoms with Crippen LogP contribution in [0.15, 0.2) is 54.6 Å². The predicted octanol–water partition coefficient (Wildman–Crippen LogP) is 0.880. The van der Waals surface area contributed by atoms with E-state index in [0.717, 1.165) is 12.7 Å². The van der Waals surface area contributed by atoms with E-state index in [2.05, 4.69) is 15.4 Å². The maximum Gasteiger partial charge on any atom is 0.408 e. The maximum absolute atomic E-state index is 12.7. The van der Waals surface area contributed by atoms with Gasteiger partial charge in [-0.05, 0) is 23.3 Å². The fourth-order valence-electron chi connectivity index (χ4n) is 2.58. The number of nitrogens with one attached hydrogen (secondary N) is 2. The van der Waals surface area contributed by atoms with Crippen LogP contribution in [0.3, 0.4) is 0 Å². The molecule has 9 nitrogen and oxygen atoms in total. The Bertz CT molecular complexity index is 840. The smallest absolute Gasteiger partial charge is 0.408 e. The second kappa shape index (κ2) is 11.4. The molecule has 30 heavy (non-hydrogen) atoms. The van der Waals surface area contributed by atoms with Crippen LogP contribution in [0.25, 0.3) is 0 Å². The molecular formula is C21H24N2O7. The van der Waals surface area contributed by atoms with Crippen LogP contribution < -0.4 is 10.6 Å². The highest BCUT2D eigenvalue weighted by atomic mass is 16.5. The van der Waals surface area contributed by atoms with E-state index < -0.39 is 36.7 Å². The molecule has 2 rings (SSSR count). The first-order chi connectivity index (χ1) is 14.4. The summed E-state index contributed by atoms with van der Waals surface area (Å²) in [7, 11) is 1.13. The lowest BCUT2D eigenvalue weighted by atomic mass is 10.0. The third-order valence-electron chi connectivity index (χ3n) is 4.18. The molecule has 0 unspecified atom stereocenters. The van der Waals surface area contributed by atoms with Gasteiger partial charge in [0, 0.05) is 6.42 Å². The van der Waals surface area contributed by atoms with Crippen LogP contribution in [0.4, 0.5) is 4.79 Å². The number of phenols is 1. The van der Waals surface area contributed by atoms with Crippen molar-refractivity contribution >= 4 is 18.0 Å². The molecule has 2 amide bonds. The fraction of sp³-hybridized carbons (Fsp3) is 0.286. The molecule has 0 aromatic heterocycles. The van der Waals surface area contributed by atoms with Gasteiger partial charge in [-0.2, -0.15) is 0 Å². The van der Waals surface area contributed by atoms with Gasteiger partial charge in [0.1, 0.15) is 18.4 Å². The molecule has 2 aromatic carbocycles. The van der Waals surface area contributed by atoms with Crippen LogP contribution in [-0.2, 0) is 32.1 Å². The van der Waals surface area contributed by atoms with E-state index >= 15 is 0 Å². The van der Waals surface area contributed by atoms with E-state index in [0.29, 0.717) is 5.56 Å². The zero-order valence-electron chi connectivity index (χ0n) is 16.4. The summed E-state index contributed by atoms with van der Waals surface area (Å²) in [5.41, 5.74) is 1.42. The summed E-state index contributed by atoms with van der Waals surface area (Å²) in [5.74, 6) is -1.47. The highest BCUT2D eigenvalue weighted by Crippen LogP contribution is 2.12. The highest BCUT2D eigenvalue weighted by molar-refractivity contribution is 5.89. The molecule has 0 fully saturated rings. The second-order valence-electron chi connectivity index (χ2n) is 6.40. The van der Waals surface area contributed by atoms with Crippen molar-refractivity contribution in [1.29, 1.82) is 0 Å². The number of hydrogen-bond donors (Lipinski definition) is 4. The van der Waals surface area contributed by atoms with Crippen molar-refractivity contribution in [2.24, 2.45) is 0 Å². The van der Waals surface area contributed by atoms with Crippen molar-refractivity contribution in [1.82, 2.24) is 10.6 Å². The van der Waals surface area contributed by atoms with Crippen molar-refractivity contribution in [2.45, 2.75) is 25.1 Å². The molecule has 0 aliphatic rings. The molecule has 0 saturated heterocycles. The van der Waals surface area contributed by atoms with Gasteiger partial charge in [0.25, 0.3) is 0 Å². The molecule has 0 bridgehead atoms. The third kappa shape index (κ3) is 7.10. The summed E-state index contributed by atoms with van der Waals surface area (Å²) in [6, 6.07) is 12.7. The molecule has 2 atom stereocenters. The van der Waals surface area contributed by atoms with Crippen LogP contribution in [0.5, 0.6) is 5.75 Å². The number of benzene rings is 2. The molecule has 0 heterocycles. The summed E-state index contributed by atoms with van der Waals surface area (Å²) in [6.07, 6.45) is -0.761. The van der Waals surface area contributed by atoms with Gasteiger partial charge in [0.15, 0.2) is 6.04 Å². The Morgan fingerprint density at radius 1 is 0.933 bits per heavy atom. The monoisotopic (exact) mass is 416 g/mol. The maximum atomic E-state index is 12.7. The summed E-state index contributed by atoms with van der Waals surface area (Å²) >= 11 is 0. The van der Waals surface area contributed by atoms with Crippen molar-refractivity contribution in [3.05, 3.63) is 65.7 Å². The van der Waals surface area contributed by atoms with E-state index in [-0.39, 0.29) is 18.8 Å². The molecule has 160 valence electrons. The van der Waals surface area contributed by atoms with Crippen LogP contribution in [-0.4, -0.2) is 54.0 Å². The number of carbonyl (C=O) groups excluding carboxylic acids is 3. The van der Waals surface area contributed by atoms with E-state index in [9.17, 15) is 24.6 Å². The van der Waals surface area contributed by atoms with Crippen LogP contribution in [0.2, 0.25) is 0 Å². The van der Waals surface area contributed by atoms with Gasteiger partial charge < -0.3 is 30.3 Å². The first-order valence-electron chi connectivity index (χ1n) is 9.17. The first-order valence-corrected chi connectivity index (χ1v) is 9.17. The van der Waals surface area contributed by atoms with Gasteiger partial charge in [-0.3, -0.25) is 4.79 Å². The SMILES string of the molecule is COC(=O)[C@H](CO)NC(=O)[C@@H](Cc1ccc(O)cc1)NC(=O)OCc1ccccc1. The number of aliphatic hydroxyl groups is 1. The Kier molecular flexibility index (Phi) is 8.64. The van der Waals surface area contributed by atoms with Gasteiger partial charge in [0.2, 0.25) is 5.91 Å². The molecule has 9 heteroatoms. The van der Waals surface area contributed by atoms with Gasteiger partial charge in [0.05, 0.1) is 13.7 Å². The minimum absolute atomic E-state index is 0.0155. The number of amides is 2. The van der Waals surface area contributed by atoms with Crippen LogP contribution in [0.1, 0.15) is 11.1 Å². The van der Waals surface area contributed by atoms with Crippen LogP contribution in [0, 0.1) is 0 Å². The second-order valence-corrected chi connectivity index (χ2v) is 6.40. The largest absolute Gasteiger partial charge is 0.508 e. The molecule has 2 aromatic rings. The topological polar surface area (TPSA) is 134 Å². The normalized spacial score (nSPS) is 12.3. The zero-order valence-corrected chi connectivity index (χ0v) is 16.4. The number of phenolic OH excluding ortho intramolecular Hbond substituents is 1. The molecule has 0 saturated carbocycles. The van der Waals surface area contributed by atoms with E-state index in [1.165, 1.54) is 12.1 Å². The van der Waals surface area contributed by atoms with E-state index in [1.807, 2.05) is 6.07 Å². The van der Waals surface area contributed by atoms with Crippen molar-refractivity contribution < 1.29 is 34.1 Å². The Labute approximate surface area is 173 Å². The molecule has 0 aliphatic carbocycles. The van der Waals surface area contributed by atoms with Crippen molar-refractivity contribution in [3.63, 3.8) is 0 Å². The lowest BCUT2D eigenvalue weighted by Crippen LogP contribution is -2.53. The molecule has 0 aliphatic heterocycles. The Hall–Kier alpha value is -3.59. The Balaban J connectivity index is 2.07. The Morgan fingerprint density at radius 3 is 2.20 bits per heavy atom.